The molecule has 0 saturated carbocycles. The molecular formula is C10H16O3. The maximum absolute atomic E-state index is 11.1. The van der Waals surface area contributed by atoms with Crippen LogP contribution in [-0.2, 0) is 9.53 Å². The summed E-state index contributed by atoms with van der Waals surface area (Å²) in [5.74, 6) is -1.08. The number of aliphatic hydroxyl groups is 1. The third kappa shape index (κ3) is 5.96. The minimum Gasteiger partial charge on any atom is -0.502 e. The van der Waals surface area contributed by atoms with Crippen molar-refractivity contribution in [2.45, 2.75) is 33.3 Å². The second-order valence-electron chi connectivity index (χ2n) is 3.58. The fourth-order valence-corrected chi connectivity index (χ4v) is 0.586. The number of hydrogen-bond acceptors (Lipinski definition) is 3. The minimum atomic E-state index is -0.703. The Morgan fingerprint density at radius 1 is 1.38 bits per heavy atom. The molecule has 0 amide bonds. The largest absolute Gasteiger partial charge is 0.502 e. The SMILES string of the molecule is CC=CC=C(O)C(=O)OC(C)(C)C. The highest BCUT2D eigenvalue weighted by Gasteiger charge is 2.18. The van der Waals surface area contributed by atoms with Gasteiger partial charge in [0.05, 0.1) is 0 Å². The van der Waals surface area contributed by atoms with Crippen LogP contribution in [0.2, 0.25) is 0 Å². The van der Waals surface area contributed by atoms with E-state index in [2.05, 4.69) is 0 Å². The van der Waals surface area contributed by atoms with Crippen molar-refractivity contribution in [3.8, 4) is 0 Å². The summed E-state index contributed by atoms with van der Waals surface area (Å²) in [6.45, 7) is 7.02. The van der Waals surface area contributed by atoms with Crippen molar-refractivity contribution >= 4 is 5.97 Å². The molecule has 0 aromatic heterocycles. The van der Waals surface area contributed by atoms with E-state index in [0.717, 1.165) is 0 Å². The summed E-state index contributed by atoms with van der Waals surface area (Å²) in [4.78, 5) is 11.1. The summed E-state index contributed by atoms with van der Waals surface area (Å²) >= 11 is 0. The predicted octanol–water partition coefficient (Wildman–Crippen LogP) is 2.35. The Morgan fingerprint density at radius 2 is 1.92 bits per heavy atom. The Balaban J connectivity index is 4.28. The molecule has 0 atom stereocenters. The van der Waals surface area contributed by atoms with E-state index in [1.807, 2.05) is 0 Å². The molecule has 0 spiro atoms. The third-order valence-electron chi connectivity index (χ3n) is 1.05. The van der Waals surface area contributed by atoms with E-state index in [1.54, 1.807) is 39.8 Å². The summed E-state index contributed by atoms with van der Waals surface area (Å²) < 4.78 is 4.91. The lowest BCUT2D eigenvalue weighted by atomic mass is 10.2. The second-order valence-corrected chi connectivity index (χ2v) is 3.58. The molecule has 0 saturated heterocycles. The number of rotatable bonds is 2. The van der Waals surface area contributed by atoms with Crippen molar-refractivity contribution in [2.75, 3.05) is 0 Å². The van der Waals surface area contributed by atoms with Gasteiger partial charge < -0.3 is 9.84 Å². The first-order chi connectivity index (χ1) is 5.87. The summed E-state index contributed by atoms with van der Waals surface area (Å²) in [6, 6.07) is 0. The summed E-state index contributed by atoms with van der Waals surface area (Å²) in [7, 11) is 0. The van der Waals surface area contributed by atoms with Gasteiger partial charge in [-0.25, -0.2) is 4.79 Å². The van der Waals surface area contributed by atoms with Crippen LogP contribution in [0, 0.1) is 0 Å². The van der Waals surface area contributed by atoms with Crippen LogP contribution in [0.3, 0.4) is 0 Å². The first-order valence-electron chi connectivity index (χ1n) is 4.12. The smallest absolute Gasteiger partial charge is 0.373 e. The van der Waals surface area contributed by atoms with Crippen molar-refractivity contribution in [3.05, 3.63) is 24.0 Å². The van der Waals surface area contributed by atoms with E-state index in [9.17, 15) is 4.79 Å². The Hall–Kier alpha value is -1.25. The summed E-state index contributed by atoms with van der Waals surface area (Å²) in [5, 5.41) is 9.15. The maximum atomic E-state index is 11.1. The zero-order valence-electron chi connectivity index (χ0n) is 8.50. The molecule has 0 aliphatic rings. The second kappa shape index (κ2) is 4.70. The Bertz CT molecular complexity index is 231. The van der Waals surface area contributed by atoms with Crippen molar-refractivity contribution in [2.24, 2.45) is 0 Å². The van der Waals surface area contributed by atoms with Crippen molar-refractivity contribution < 1.29 is 14.6 Å². The summed E-state index contributed by atoms with van der Waals surface area (Å²) in [5.41, 5.74) is -0.575. The molecule has 0 aliphatic heterocycles. The number of hydrogen-bond donors (Lipinski definition) is 1. The van der Waals surface area contributed by atoms with Gasteiger partial charge in [0.1, 0.15) is 5.60 Å². The minimum absolute atomic E-state index is 0.381. The van der Waals surface area contributed by atoms with Gasteiger partial charge in [0, 0.05) is 0 Å². The first-order valence-corrected chi connectivity index (χ1v) is 4.12. The number of allylic oxidation sites excluding steroid dienone is 3. The van der Waals surface area contributed by atoms with Gasteiger partial charge in [-0.05, 0) is 33.8 Å². The lowest BCUT2D eigenvalue weighted by Crippen LogP contribution is -2.24. The van der Waals surface area contributed by atoms with Crippen molar-refractivity contribution in [1.29, 1.82) is 0 Å². The molecule has 0 unspecified atom stereocenters. The average molecular weight is 184 g/mol. The molecular weight excluding hydrogens is 168 g/mol. The van der Waals surface area contributed by atoms with Gasteiger partial charge in [0.2, 0.25) is 5.76 Å². The Labute approximate surface area is 78.7 Å². The first kappa shape index (κ1) is 11.8. The van der Waals surface area contributed by atoms with Crippen LogP contribution in [0.5, 0.6) is 0 Å². The molecule has 0 aromatic rings. The molecule has 0 heterocycles. The maximum Gasteiger partial charge on any atom is 0.373 e. The van der Waals surface area contributed by atoms with Crippen LogP contribution in [0.15, 0.2) is 24.0 Å². The lowest BCUT2D eigenvalue weighted by molar-refractivity contribution is -0.153. The fraction of sp³-hybridized carbons (Fsp3) is 0.500. The molecule has 13 heavy (non-hydrogen) atoms. The van der Waals surface area contributed by atoms with Gasteiger partial charge in [-0.2, -0.15) is 0 Å². The molecule has 0 rings (SSSR count). The van der Waals surface area contributed by atoms with Gasteiger partial charge >= 0.3 is 5.97 Å². The van der Waals surface area contributed by atoms with E-state index in [1.165, 1.54) is 6.08 Å². The van der Waals surface area contributed by atoms with Crippen LogP contribution in [0.25, 0.3) is 0 Å². The lowest BCUT2D eigenvalue weighted by Gasteiger charge is -2.18. The van der Waals surface area contributed by atoms with Crippen LogP contribution >= 0.6 is 0 Å². The standard InChI is InChI=1S/C10H16O3/c1-5-6-7-8(11)9(12)13-10(2,3)4/h5-7,11H,1-4H3. The van der Waals surface area contributed by atoms with E-state index in [0.29, 0.717) is 0 Å². The topological polar surface area (TPSA) is 46.5 Å². The highest BCUT2D eigenvalue weighted by Crippen LogP contribution is 2.09. The van der Waals surface area contributed by atoms with E-state index in [-0.39, 0.29) is 5.76 Å². The number of carbonyl (C=O) groups is 1. The average Bonchev–Trinajstić information content (AvgIpc) is 1.96. The van der Waals surface area contributed by atoms with Crippen LogP contribution < -0.4 is 0 Å². The Kier molecular flexibility index (Phi) is 4.25. The van der Waals surface area contributed by atoms with Crippen LogP contribution in [0.1, 0.15) is 27.7 Å². The van der Waals surface area contributed by atoms with Crippen molar-refractivity contribution in [1.82, 2.24) is 0 Å². The molecule has 74 valence electrons. The molecule has 1 N–H and O–H groups in total. The predicted molar refractivity (Wildman–Crippen MR) is 51.4 cm³/mol. The van der Waals surface area contributed by atoms with Gasteiger partial charge in [0.25, 0.3) is 0 Å². The van der Waals surface area contributed by atoms with Crippen LogP contribution in [0.4, 0.5) is 0 Å². The third-order valence-corrected chi connectivity index (χ3v) is 1.05. The molecule has 0 bridgehead atoms. The zero-order valence-corrected chi connectivity index (χ0v) is 8.50. The quantitative estimate of drug-likeness (QED) is 0.310. The van der Waals surface area contributed by atoms with E-state index >= 15 is 0 Å². The molecule has 0 fully saturated rings. The Morgan fingerprint density at radius 3 is 2.31 bits per heavy atom. The van der Waals surface area contributed by atoms with Crippen molar-refractivity contribution in [3.63, 3.8) is 0 Å². The van der Waals surface area contributed by atoms with Crippen LogP contribution in [-0.4, -0.2) is 16.7 Å². The highest BCUT2D eigenvalue weighted by molar-refractivity contribution is 5.86. The number of carbonyl (C=O) groups excluding carboxylic acids is 1. The van der Waals surface area contributed by atoms with Gasteiger partial charge in [-0.15, -0.1) is 0 Å². The zero-order chi connectivity index (χ0) is 10.5. The highest BCUT2D eigenvalue weighted by atomic mass is 16.6. The molecule has 3 heteroatoms. The van der Waals surface area contributed by atoms with Gasteiger partial charge in [0.15, 0.2) is 0 Å². The number of esters is 1. The molecule has 0 aromatic carbocycles. The number of ether oxygens (including phenoxy) is 1. The molecule has 0 radical (unpaired) electrons. The van der Waals surface area contributed by atoms with E-state index in [4.69, 9.17) is 9.84 Å². The fourth-order valence-electron chi connectivity index (χ4n) is 0.586. The monoisotopic (exact) mass is 184 g/mol. The van der Waals surface area contributed by atoms with E-state index < -0.39 is 11.6 Å². The summed E-state index contributed by atoms with van der Waals surface area (Å²) in [6.07, 6.45) is 4.58. The normalized spacial score (nSPS) is 13.4. The number of aliphatic hydroxyl groups excluding tert-OH is 1. The van der Waals surface area contributed by atoms with Gasteiger partial charge in [-0.1, -0.05) is 12.2 Å². The molecule has 3 nitrogen and oxygen atoms in total. The molecule has 0 aliphatic carbocycles. The van der Waals surface area contributed by atoms with Gasteiger partial charge in [-0.3, -0.25) is 0 Å².